The van der Waals surface area contributed by atoms with Gasteiger partial charge >= 0.3 is 6.18 Å². The third-order valence-electron chi connectivity index (χ3n) is 2.79. The van der Waals surface area contributed by atoms with Crippen molar-refractivity contribution in [2.75, 3.05) is 13.2 Å². The predicted molar refractivity (Wildman–Crippen MR) is 53.5 cm³/mol. The van der Waals surface area contributed by atoms with Gasteiger partial charge in [0.15, 0.2) is 0 Å². The summed E-state index contributed by atoms with van der Waals surface area (Å²) in [5.41, 5.74) is 5.50. The molecular weight excluding hydrogens is 207 g/mol. The van der Waals surface area contributed by atoms with Gasteiger partial charge in [-0.15, -0.1) is 0 Å². The van der Waals surface area contributed by atoms with Gasteiger partial charge < -0.3 is 10.5 Å². The van der Waals surface area contributed by atoms with Crippen molar-refractivity contribution in [3.8, 4) is 0 Å². The molecule has 0 heterocycles. The summed E-state index contributed by atoms with van der Waals surface area (Å²) in [6, 6.07) is 0. The molecule has 0 saturated heterocycles. The second kappa shape index (κ2) is 5.70. The molecule has 0 aliphatic carbocycles. The van der Waals surface area contributed by atoms with Crippen LogP contribution in [0, 0.1) is 5.92 Å². The second-order valence-electron chi connectivity index (χ2n) is 4.23. The van der Waals surface area contributed by atoms with Crippen LogP contribution in [0.25, 0.3) is 0 Å². The molecule has 0 bridgehead atoms. The summed E-state index contributed by atoms with van der Waals surface area (Å²) < 4.78 is 39.8. The fourth-order valence-electron chi connectivity index (χ4n) is 1.19. The Balaban J connectivity index is 3.76. The molecule has 2 atom stereocenters. The predicted octanol–water partition coefficient (Wildman–Crippen LogP) is 2.72. The van der Waals surface area contributed by atoms with E-state index in [9.17, 15) is 13.2 Å². The third kappa shape index (κ3) is 6.73. The van der Waals surface area contributed by atoms with E-state index in [1.807, 2.05) is 20.8 Å². The Bertz CT molecular complexity index is 180. The van der Waals surface area contributed by atoms with Gasteiger partial charge in [0, 0.05) is 12.1 Å². The molecule has 0 rings (SSSR count). The van der Waals surface area contributed by atoms with Crippen molar-refractivity contribution in [3.05, 3.63) is 0 Å². The molecule has 0 radical (unpaired) electrons. The fourth-order valence-corrected chi connectivity index (χ4v) is 1.19. The Labute approximate surface area is 89.0 Å². The van der Waals surface area contributed by atoms with Crippen molar-refractivity contribution >= 4 is 0 Å². The van der Waals surface area contributed by atoms with E-state index in [1.54, 1.807) is 0 Å². The van der Waals surface area contributed by atoms with Crippen LogP contribution in [0.15, 0.2) is 0 Å². The van der Waals surface area contributed by atoms with Crippen LogP contribution in [0.5, 0.6) is 0 Å². The Morgan fingerprint density at radius 1 is 1.33 bits per heavy atom. The maximum Gasteiger partial charge on any atom is 0.411 e. The number of ether oxygens (including phenoxy) is 1. The number of nitrogens with two attached hydrogens (primary N) is 1. The van der Waals surface area contributed by atoms with Crippen molar-refractivity contribution in [1.29, 1.82) is 0 Å². The van der Waals surface area contributed by atoms with Crippen LogP contribution >= 0.6 is 0 Å². The van der Waals surface area contributed by atoms with E-state index < -0.39 is 18.3 Å². The quantitative estimate of drug-likeness (QED) is 0.708. The summed E-state index contributed by atoms with van der Waals surface area (Å²) >= 11 is 0. The van der Waals surface area contributed by atoms with Crippen LogP contribution in [0.3, 0.4) is 0 Å². The SMILES string of the molecule is CCC(C)C(C)(N)CCOCC(F)(F)F. The van der Waals surface area contributed by atoms with Crippen LogP contribution < -0.4 is 5.73 Å². The molecule has 2 unspecified atom stereocenters. The maximum absolute atomic E-state index is 11.7. The van der Waals surface area contributed by atoms with Crippen LogP contribution in [0.1, 0.15) is 33.6 Å². The van der Waals surface area contributed by atoms with Crippen LogP contribution in [0.2, 0.25) is 0 Å². The molecule has 0 aliphatic rings. The normalized spacial score (nSPS) is 18.6. The highest BCUT2D eigenvalue weighted by atomic mass is 19.4. The number of rotatable bonds is 6. The van der Waals surface area contributed by atoms with Gasteiger partial charge in [0.25, 0.3) is 0 Å². The molecule has 92 valence electrons. The smallest absolute Gasteiger partial charge is 0.372 e. The van der Waals surface area contributed by atoms with E-state index in [-0.39, 0.29) is 12.5 Å². The molecular formula is C10H20F3NO. The summed E-state index contributed by atoms with van der Waals surface area (Å²) in [6.07, 6.45) is -2.90. The van der Waals surface area contributed by atoms with Crippen molar-refractivity contribution in [1.82, 2.24) is 0 Å². The van der Waals surface area contributed by atoms with E-state index in [0.717, 1.165) is 6.42 Å². The Morgan fingerprint density at radius 3 is 2.27 bits per heavy atom. The molecule has 15 heavy (non-hydrogen) atoms. The van der Waals surface area contributed by atoms with Crippen molar-refractivity contribution in [2.45, 2.75) is 45.3 Å². The van der Waals surface area contributed by atoms with Crippen LogP contribution in [-0.4, -0.2) is 24.9 Å². The van der Waals surface area contributed by atoms with Gasteiger partial charge in [0.05, 0.1) is 0 Å². The highest BCUT2D eigenvalue weighted by Crippen LogP contribution is 2.21. The van der Waals surface area contributed by atoms with Crippen molar-refractivity contribution in [2.24, 2.45) is 11.7 Å². The van der Waals surface area contributed by atoms with E-state index in [2.05, 4.69) is 4.74 Å². The molecule has 5 heteroatoms. The van der Waals surface area contributed by atoms with E-state index in [1.165, 1.54) is 0 Å². The number of alkyl halides is 3. The molecule has 0 aromatic rings. The molecule has 0 aliphatic heterocycles. The zero-order chi connectivity index (χ0) is 12.1. The lowest BCUT2D eigenvalue weighted by atomic mass is 9.84. The monoisotopic (exact) mass is 227 g/mol. The zero-order valence-electron chi connectivity index (χ0n) is 9.53. The molecule has 0 spiro atoms. The summed E-state index contributed by atoms with van der Waals surface area (Å²) in [5, 5.41) is 0. The van der Waals surface area contributed by atoms with Gasteiger partial charge in [-0.2, -0.15) is 13.2 Å². The van der Waals surface area contributed by atoms with Gasteiger partial charge in [0.2, 0.25) is 0 Å². The summed E-state index contributed by atoms with van der Waals surface area (Å²) in [5.74, 6) is 0.270. The van der Waals surface area contributed by atoms with Gasteiger partial charge in [-0.1, -0.05) is 20.3 Å². The van der Waals surface area contributed by atoms with Gasteiger partial charge in [-0.25, -0.2) is 0 Å². The van der Waals surface area contributed by atoms with Gasteiger partial charge in [-0.3, -0.25) is 0 Å². The molecule has 2 N–H and O–H groups in total. The number of hydrogen-bond acceptors (Lipinski definition) is 2. The Kier molecular flexibility index (Phi) is 5.59. The standard InChI is InChI=1S/C10H20F3NO/c1-4-8(2)9(3,14)5-6-15-7-10(11,12)13/h8H,4-7,14H2,1-3H3. The lowest BCUT2D eigenvalue weighted by Gasteiger charge is -2.31. The first-order valence-electron chi connectivity index (χ1n) is 5.12. The molecule has 0 amide bonds. The Morgan fingerprint density at radius 2 is 1.87 bits per heavy atom. The maximum atomic E-state index is 11.7. The summed E-state index contributed by atoms with van der Waals surface area (Å²) in [7, 11) is 0. The van der Waals surface area contributed by atoms with Crippen molar-refractivity contribution < 1.29 is 17.9 Å². The fraction of sp³-hybridized carbons (Fsp3) is 1.00. The van der Waals surface area contributed by atoms with Gasteiger partial charge in [0.1, 0.15) is 6.61 Å². The second-order valence-corrected chi connectivity index (χ2v) is 4.23. The average Bonchev–Trinajstić information content (AvgIpc) is 2.09. The summed E-state index contributed by atoms with van der Waals surface area (Å²) in [6.45, 7) is 4.70. The zero-order valence-corrected chi connectivity index (χ0v) is 9.53. The van der Waals surface area contributed by atoms with Crippen LogP contribution in [0.4, 0.5) is 13.2 Å². The third-order valence-corrected chi connectivity index (χ3v) is 2.79. The first-order valence-corrected chi connectivity index (χ1v) is 5.12. The number of halogens is 3. The molecule has 0 aromatic carbocycles. The highest BCUT2D eigenvalue weighted by molar-refractivity contribution is 4.83. The highest BCUT2D eigenvalue weighted by Gasteiger charge is 2.29. The van der Waals surface area contributed by atoms with Crippen molar-refractivity contribution in [3.63, 3.8) is 0 Å². The first-order chi connectivity index (χ1) is 6.69. The van der Waals surface area contributed by atoms with E-state index in [0.29, 0.717) is 6.42 Å². The van der Waals surface area contributed by atoms with E-state index >= 15 is 0 Å². The molecule has 0 aromatic heterocycles. The van der Waals surface area contributed by atoms with Crippen LogP contribution in [-0.2, 0) is 4.74 Å². The average molecular weight is 227 g/mol. The largest absolute Gasteiger partial charge is 0.411 e. The lowest BCUT2D eigenvalue weighted by molar-refractivity contribution is -0.174. The van der Waals surface area contributed by atoms with E-state index in [4.69, 9.17) is 5.73 Å². The Hall–Kier alpha value is -0.290. The minimum Gasteiger partial charge on any atom is -0.372 e. The first kappa shape index (κ1) is 14.7. The molecule has 0 saturated carbocycles. The molecule has 0 fully saturated rings. The topological polar surface area (TPSA) is 35.2 Å². The minimum atomic E-state index is -4.25. The lowest BCUT2D eigenvalue weighted by Crippen LogP contribution is -2.43. The molecule has 2 nitrogen and oxygen atoms in total. The summed E-state index contributed by atoms with van der Waals surface area (Å²) in [4.78, 5) is 0. The minimum absolute atomic E-state index is 0.0524. The number of hydrogen-bond donors (Lipinski definition) is 1. The van der Waals surface area contributed by atoms with Gasteiger partial charge in [-0.05, 0) is 19.3 Å².